The molecule has 6 heteroatoms. The molecule has 0 spiro atoms. The van der Waals surface area contributed by atoms with E-state index in [4.69, 9.17) is 9.47 Å². The first-order valence-electron chi connectivity index (χ1n) is 5.94. The Morgan fingerprint density at radius 3 is 2.37 bits per heavy atom. The fraction of sp³-hybridized carbons (Fsp3) is 0.462. The Labute approximate surface area is 111 Å². The van der Waals surface area contributed by atoms with E-state index < -0.39 is 12.2 Å². The van der Waals surface area contributed by atoms with Gasteiger partial charge < -0.3 is 24.6 Å². The van der Waals surface area contributed by atoms with E-state index in [-0.39, 0.29) is 19.0 Å². The number of rotatable bonds is 3. The van der Waals surface area contributed by atoms with Crippen molar-refractivity contribution in [2.24, 2.45) is 0 Å². The van der Waals surface area contributed by atoms with Crippen LogP contribution in [0.2, 0.25) is 0 Å². The SMILES string of the molecule is COc1ccc(C(=O)N2CC(O)C(O)C2)c(OC)c1. The number of aliphatic hydroxyl groups is 2. The minimum atomic E-state index is -0.895. The average molecular weight is 267 g/mol. The minimum absolute atomic E-state index is 0.120. The molecular weight excluding hydrogens is 250 g/mol. The van der Waals surface area contributed by atoms with Crippen molar-refractivity contribution >= 4 is 5.91 Å². The van der Waals surface area contributed by atoms with Crippen molar-refractivity contribution in [1.29, 1.82) is 0 Å². The second-order valence-corrected chi connectivity index (χ2v) is 4.41. The molecule has 1 aliphatic heterocycles. The molecule has 0 aliphatic carbocycles. The lowest BCUT2D eigenvalue weighted by Gasteiger charge is -2.17. The number of carbonyl (C=O) groups is 1. The summed E-state index contributed by atoms with van der Waals surface area (Å²) in [4.78, 5) is 13.7. The number of carbonyl (C=O) groups excluding carboxylic acids is 1. The molecule has 2 atom stereocenters. The summed E-state index contributed by atoms with van der Waals surface area (Å²) in [6.45, 7) is 0.240. The fourth-order valence-corrected chi connectivity index (χ4v) is 2.08. The standard InChI is InChI=1S/C13H17NO5/c1-18-8-3-4-9(12(5-8)19-2)13(17)14-6-10(15)11(16)7-14/h3-5,10-11,15-16H,6-7H2,1-2H3. The van der Waals surface area contributed by atoms with Crippen molar-refractivity contribution < 1.29 is 24.5 Å². The summed E-state index contributed by atoms with van der Waals surface area (Å²) in [5.41, 5.74) is 0.379. The van der Waals surface area contributed by atoms with Gasteiger partial charge in [-0.3, -0.25) is 4.79 Å². The summed E-state index contributed by atoms with van der Waals surface area (Å²) in [7, 11) is 3.00. The minimum Gasteiger partial charge on any atom is -0.497 e. The molecule has 6 nitrogen and oxygen atoms in total. The molecule has 1 fully saturated rings. The van der Waals surface area contributed by atoms with Crippen LogP contribution in [0.25, 0.3) is 0 Å². The van der Waals surface area contributed by atoms with E-state index in [1.54, 1.807) is 18.2 Å². The summed E-state index contributed by atoms with van der Waals surface area (Å²) in [5.74, 6) is 0.713. The van der Waals surface area contributed by atoms with E-state index in [9.17, 15) is 15.0 Å². The van der Waals surface area contributed by atoms with Gasteiger partial charge in [0, 0.05) is 19.2 Å². The predicted octanol–water partition coefficient (Wildman–Crippen LogP) is -0.119. The molecule has 1 aromatic rings. The molecule has 104 valence electrons. The molecule has 1 aliphatic rings. The third kappa shape index (κ3) is 2.64. The zero-order chi connectivity index (χ0) is 14.0. The highest BCUT2D eigenvalue weighted by Gasteiger charge is 2.33. The number of likely N-dealkylation sites (tertiary alicyclic amines) is 1. The van der Waals surface area contributed by atoms with Crippen LogP contribution in [0.4, 0.5) is 0 Å². The Balaban J connectivity index is 2.24. The van der Waals surface area contributed by atoms with Crippen LogP contribution >= 0.6 is 0 Å². The molecule has 0 aromatic heterocycles. The van der Waals surface area contributed by atoms with Gasteiger partial charge in [-0.2, -0.15) is 0 Å². The summed E-state index contributed by atoms with van der Waals surface area (Å²) < 4.78 is 10.2. The zero-order valence-corrected chi connectivity index (χ0v) is 10.9. The largest absolute Gasteiger partial charge is 0.497 e. The molecular formula is C13H17NO5. The molecule has 2 N–H and O–H groups in total. The maximum absolute atomic E-state index is 12.3. The third-order valence-electron chi connectivity index (χ3n) is 3.19. The van der Waals surface area contributed by atoms with Crippen molar-refractivity contribution in [3.05, 3.63) is 23.8 Å². The topological polar surface area (TPSA) is 79.2 Å². The molecule has 1 saturated heterocycles. The quantitative estimate of drug-likeness (QED) is 0.798. The molecule has 0 bridgehead atoms. The monoisotopic (exact) mass is 267 g/mol. The highest BCUT2D eigenvalue weighted by molar-refractivity contribution is 5.97. The highest BCUT2D eigenvalue weighted by Crippen LogP contribution is 2.26. The summed E-state index contributed by atoms with van der Waals surface area (Å²) in [6, 6.07) is 4.89. The van der Waals surface area contributed by atoms with Gasteiger partial charge in [0.2, 0.25) is 0 Å². The number of amides is 1. The van der Waals surface area contributed by atoms with Crippen molar-refractivity contribution in [3.63, 3.8) is 0 Å². The van der Waals surface area contributed by atoms with Crippen LogP contribution in [0.15, 0.2) is 18.2 Å². The number of aliphatic hydroxyl groups excluding tert-OH is 2. The first-order valence-corrected chi connectivity index (χ1v) is 5.94. The van der Waals surface area contributed by atoms with Crippen molar-refractivity contribution in [3.8, 4) is 11.5 Å². The summed E-state index contributed by atoms with van der Waals surface area (Å²) in [5, 5.41) is 19.0. The average Bonchev–Trinajstić information content (AvgIpc) is 2.77. The summed E-state index contributed by atoms with van der Waals surface area (Å²) >= 11 is 0. The second-order valence-electron chi connectivity index (χ2n) is 4.41. The first kappa shape index (κ1) is 13.6. The molecule has 1 aromatic carbocycles. The van der Waals surface area contributed by atoms with Gasteiger partial charge in [-0.05, 0) is 12.1 Å². The third-order valence-corrected chi connectivity index (χ3v) is 3.19. The fourth-order valence-electron chi connectivity index (χ4n) is 2.08. The number of ether oxygens (including phenoxy) is 2. The number of hydrogen-bond donors (Lipinski definition) is 2. The Bertz CT molecular complexity index is 466. The molecule has 2 unspecified atom stereocenters. The van der Waals surface area contributed by atoms with Gasteiger partial charge >= 0.3 is 0 Å². The van der Waals surface area contributed by atoms with Crippen molar-refractivity contribution in [2.45, 2.75) is 12.2 Å². The Morgan fingerprint density at radius 1 is 1.21 bits per heavy atom. The van der Waals surface area contributed by atoms with Gasteiger partial charge in [-0.25, -0.2) is 0 Å². The van der Waals surface area contributed by atoms with Crippen LogP contribution in [0.5, 0.6) is 11.5 Å². The molecule has 1 heterocycles. The van der Waals surface area contributed by atoms with Crippen LogP contribution in [0, 0.1) is 0 Å². The number of hydrogen-bond acceptors (Lipinski definition) is 5. The van der Waals surface area contributed by atoms with Gasteiger partial charge in [0.1, 0.15) is 11.5 Å². The Kier molecular flexibility index (Phi) is 3.92. The van der Waals surface area contributed by atoms with Crippen LogP contribution in [-0.4, -0.2) is 60.5 Å². The molecule has 0 saturated carbocycles. The van der Waals surface area contributed by atoms with Crippen LogP contribution < -0.4 is 9.47 Å². The maximum Gasteiger partial charge on any atom is 0.257 e. The lowest BCUT2D eigenvalue weighted by atomic mass is 10.1. The Hall–Kier alpha value is -1.79. The van der Waals surface area contributed by atoms with E-state index in [0.29, 0.717) is 17.1 Å². The number of benzene rings is 1. The lowest BCUT2D eigenvalue weighted by molar-refractivity contribution is 0.0572. The predicted molar refractivity (Wildman–Crippen MR) is 67.5 cm³/mol. The molecule has 1 amide bonds. The normalized spacial score (nSPS) is 22.4. The van der Waals surface area contributed by atoms with Crippen LogP contribution in [-0.2, 0) is 0 Å². The lowest BCUT2D eigenvalue weighted by Crippen LogP contribution is -2.30. The van der Waals surface area contributed by atoms with E-state index in [0.717, 1.165) is 0 Å². The van der Waals surface area contributed by atoms with Gasteiger partial charge in [-0.1, -0.05) is 0 Å². The van der Waals surface area contributed by atoms with Gasteiger partial charge in [0.05, 0.1) is 32.0 Å². The van der Waals surface area contributed by atoms with Gasteiger partial charge in [-0.15, -0.1) is 0 Å². The van der Waals surface area contributed by atoms with Gasteiger partial charge in [0.15, 0.2) is 0 Å². The second kappa shape index (κ2) is 5.46. The zero-order valence-electron chi connectivity index (χ0n) is 10.9. The number of methoxy groups -OCH3 is 2. The maximum atomic E-state index is 12.3. The first-order chi connectivity index (χ1) is 9.06. The van der Waals surface area contributed by atoms with E-state index >= 15 is 0 Å². The molecule has 2 rings (SSSR count). The summed E-state index contributed by atoms with van der Waals surface area (Å²) in [6.07, 6.45) is -1.79. The van der Waals surface area contributed by atoms with E-state index in [2.05, 4.69) is 0 Å². The Morgan fingerprint density at radius 2 is 1.84 bits per heavy atom. The van der Waals surface area contributed by atoms with E-state index in [1.165, 1.54) is 19.1 Å². The van der Waals surface area contributed by atoms with E-state index in [1.807, 2.05) is 0 Å². The van der Waals surface area contributed by atoms with Crippen LogP contribution in [0.1, 0.15) is 10.4 Å². The van der Waals surface area contributed by atoms with Gasteiger partial charge in [0.25, 0.3) is 5.91 Å². The smallest absolute Gasteiger partial charge is 0.257 e. The number of β-amino-alcohol motifs (C(OH)–C–C–N with tert-alkyl or cyclic N) is 2. The van der Waals surface area contributed by atoms with Crippen molar-refractivity contribution in [1.82, 2.24) is 4.90 Å². The molecule has 0 radical (unpaired) electrons. The highest BCUT2D eigenvalue weighted by atomic mass is 16.5. The van der Waals surface area contributed by atoms with Crippen LogP contribution in [0.3, 0.4) is 0 Å². The number of nitrogens with zero attached hydrogens (tertiary/aromatic N) is 1. The van der Waals surface area contributed by atoms with Crippen molar-refractivity contribution in [2.75, 3.05) is 27.3 Å². The molecule has 19 heavy (non-hydrogen) atoms.